The van der Waals surface area contributed by atoms with Crippen molar-refractivity contribution in [3.63, 3.8) is 0 Å². The fourth-order valence-electron chi connectivity index (χ4n) is 2.82. The van der Waals surface area contributed by atoms with Gasteiger partial charge in [0.25, 0.3) is 5.91 Å². The van der Waals surface area contributed by atoms with Gasteiger partial charge in [-0.15, -0.1) is 0 Å². The number of carbonyl (C=O) groups excluding carboxylic acids is 2. The highest BCUT2D eigenvalue weighted by molar-refractivity contribution is 6.33. The maximum absolute atomic E-state index is 12.9. The van der Waals surface area contributed by atoms with Gasteiger partial charge in [-0.2, -0.15) is 0 Å². The summed E-state index contributed by atoms with van der Waals surface area (Å²) in [5, 5.41) is 8.67. The van der Waals surface area contributed by atoms with E-state index in [2.05, 4.69) is 16.0 Å². The zero-order valence-corrected chi connectivity index (χ0v) is 15.1. The van der Waals surface area contributed by atoms with E-state index < -0.39 is 6.04 Å². The molecule has 2 aromatic carbocycles. The quantitative estimate of drug-likeness (QED) is 0.768. The molecule has 1 atom stereocenters. The van der Waals surface area contributed by atoms with Gasteiger partial charge in [-0.1, -0.05) is 35.9 Å². The van der Waals surface area contributed by atoms with Crippen LogP contribution >= 0.6 is 11.6 Å². The Hall–Kier alpha value is -2.99. The molecule has 0 bridgehead atoms. The molecule has 0 fully saturated rings. The average molecular weight is 372 g/mol. The molecule has 6 nitrogen and oxygen atoms in total. The van der Waals surface area contributed by atoms with E-state index in [1.54, 1.807) is 56.5 Å². The van der Waals surface area contributed by atoms with Gasteiger partial charge in [-0.05, 0) is 36.8 Å². The van der Waals surface area contributed by atoms with Gasteiger partial charge in [-0.25, -0.2) is 4.79 Å². The molecule has 0 radical (unpaired) electrons. The number of carbonyl (C=O) groups is 2. The summed E-state index contributed by atoms with van der Waals surface area (Å²) in [7, 11) is 1.56. The van der Waals surface area contributed by atoms with Crippen molar-refractivity contribution in [2.75, 3.05) is 12.4 Å². The Morgan fingerprint density at radius 1 is 1.19 bits per heavy atom. The summed E-state index contributed by atoms with van der Waals surface area (Å²) in [6.45, 7) is 1.69. The van der Waals surface area contributed by atoms with Crippen LogP contribution in [0.15, 0.2) is 59.8 Å². The van der Waals surface area contributed by atoms with E-state index >= 15 is 0 Å². The molecule has 0 aromatic heterocycles. The van der Waals surface area contributed by atoms with Crippen LogP contribution in [-0.4, -0.2) is 19.0 Å². The monoisotopic (exact) mass is 371 g/mol. The average Bonchev–Trinajstić information content (AvgIpc) is 2.63. The number of anilines is 1. The molecule has 0 aliphatic carbocycles. The van der Waals surface area contributed by atoms with Crippen molar-refractivity contribution in [2.24, 2.45) is 0 Å². The van der Waals surface area contributed by atoms with Crippen molar-refractivity contribution >= 4 is 29.2 Å². The topological polar surface area (TPSA) is 79.5 Å². The molecule has 1 aliphatic rings. The summed E-state index contributed by atoms with van der Waals surface area (Å²) < 4.78 is 5.24. The fraction of sp³-hybridized carbons (Fsp3) is 0.158. The number of halogens is 1. The van der Waals surface area contributed by atoms with Crippen molar-refractivity contribution in [1.82, 2.24) is 10.6 Å². The molecule has 2 aromatic rings. The molecule has 1 aliphatic heterocycles. The number of hydrogen-bond donors (Lipinski definition) is 3. The molecule has 3 N–H and O–H groups in total. The van der Waals surface area contributed by atoms with Gasteiger partial charge in [0.15, 0.2) is 0 Å². The lowest BCUT2D eigenvalue weighted by atomic mass is 9.94. The second-order valence-electron chi connectivity index (χ2n) is 5.78. The summed E-state index contributed by atoms with van der Waals surface area (Å²) in [6.07, 6.45) is 0. The number of amides is 3. The van der Waals surface area contributed by atoms with Crippen molar-refractivity contribution < 1.29 is 14.3 Å². The zero-order valence-electron chi connectivity index (χ0n) is 14.3. The van der Waals surface area contributed by atoms with Gasteiger partial charge in [0.2, 0.25) is 0 Å². The van der Waals surface area contributed by atoms with Crippen LogP contribution < -0.4 is 20.7 Å². The van der Waals surface area contributed by atoms with E-state index in [-0.39, 0.29) is 11.9 Å². The van der Waals surface area contributed by atoms with E-state index in [0.29, 0.717) is 27.7 Å². The third-order valence-corrected chi connectivity index (χ3v) is 4.39. The predicted octanol–water partition coefficient (Wildman–Crippen LogP) is 3.62. The van der Waals surface area contributed by atoms with Crippen LogP contribution in [0.1, 0.15) is 18.5 Å². The van der Waals surface area contributed by atoms with Crippen LogP contribution in [0, 0.1) is 0 Å². The number of urea groups is 1. The largest absolute Gasteiger partial charge is 0.497 e. The first kappa shape index (κ1) is 17.8. The summed E-state index contributed by atoms with van der Waals surface area (Å²) in [4.78, 5) is 24.9. The number of benzene rings is 2. The van der Waals surface area contributed by atoms with Gasteiger partial charge in [-0.3, -0.25) is 4.79 Å². The van der Waals surface area contributed by atoms with Crippen molar-refractivity contribution in [1.29, 1.82) is 0 Å². The summed E-state index contributed by atoms with van der Waals surface area (Å²) in [5.41, 5.74) is 2.12. The Morgan fingerprint density at radius 2 is 1.96 bits per heavy atom. The normalized spacial score (nSPS) is 16.6. The number of ether oxygens (including phenoxy) is 1. The molecule has 3 rings (SSSR count). The molecule has 0 saturated heterocycles. The van der Waals surface area contributed by atoms with E-state index in [1.165, 1.54) is 0 Å². The second-order valence-corrected chi connectivity index (χ2v) is 6.19. The van der Waals surface area contributed by atoms with E-state index in [1.807, 2.05) is 6.07 Å². The summed E-state index contributed by atoms with van der Waals surface area (Å²) in [5.74, 6) is 0.287. The highest BCUT2D eigenvalue weighted by Gasteiger charge is 2.31. The first-order valence-corrected chi connectivity index (χ1v) is 8.35. The molecule has 1 unspecified atom stereocenters. The zero-order chi connectivity index (χ0) is 18.7. The second kappa shape index (κ2) is 7.49. The number of methoxy groups -OCH3 is 1. The first-order chi connectivity index (χ1) is 12.5. The van der Waals surface area contributed by atoms with Gasteiger partial charge in [0.05, 0.1) is 29.4 Å². The molecule has 3 amide bonds. The third-order valence-electron chi connectivity index (χ3n) is 4.06. The van der Waals surface area contributed by atoms with E-state index in [9.17, 15) is 9.59 Å². The van der Waals surface area contributed by atoms with Crippen molar-refractivity contribution in [2.45, 2.75) is 13.0 Å². The van der Waals surface area contributed by atoms with Gasteiger partial charge >= 0.3 is 6.03 Å². The highest BCUT2D eigenvalue weighted by atomic mass is 35.5. The number of rotatable bonds is 4. The van der Waals surface area contributed by atoms with Crippen LogP contribution in [0.3, 0.4) is 0 Å². The molecule has 26 heavy (non-hydrogen) atoms. The smallest absolute Gasteiger partial charge is 0.319 e. The molecule has 1 heterocycles. The molecule has 7 heteroatoms. The van der Waals surface area contributed by atoms with Crippen LogP contribution in [0.4, 0.5) is 10.5 Å². The Kier molecular flexibility index (Phi) is 5.14. The van der Waals surface area contributed by atoms with E-state index in [4.69, 9.17) is 16.3 Å². The number of nitrogens with one attached hydrogen (secondary N) is 3. The Morgan fingerprint density at radius 3 is 2.69 bits per heavy atom. The number of allylic oxidation sites excluding steroid dienone is 1. The Balaban J connectivity index is 1.97. The summed E-state index contributed by atoms with van der Waals surface area (Å²) in [6, 6.07) is 13.2. The Labute approximate surface area is 156 Å². The third kappa shape index (κ3) is 3.65. The van der Waals surface area contributed by atoms with Crippen molar-refractivity contribution in [3.05, 3.63) is 70.4 Å². The lowest BCUT2D eigenvalue weighted by molar-refractivity contribution is -0.113. The van der Waals surface area contributed by atoms with Crippen molar-refractivity contribution in [3.8, 4) is 5.75 Å². The molecule has 134 valence electrons. The molecule has 0 saturated carbocycles. The standard InChI is InChI=1S/C19H18ClN3O3/c1-11-16(18(24)22-15-9-4-3-8-14(15)20)17(23-19(25)21-11)12-6-5-7-13(10-12)26-2/h3-10,17H,1-2H3,(H,22,24)(H2,21,23,25). The maximum Gasteiger partial charge on any atom is 0.319 e. The molecular weight excluding hydrogens is 354 g/mol. The van der Waals surface area contributed by atoms with Crippen LogP contribution in [0.2, 0.25) is 5.02 Å². The molecule has 0 spiro atoms. The van der Waals surface area contributed by atoms with Crippen LogP contribution in [0.25, 0.3) is 0 Å². The fourth-order valence-corrected chi connectivity index (χ4v) is 3.00. The minimum absolute atomic E-state index is 0.351. The van der Waals surface area contributed by atoms with Crippen LogP contribution in [0.5, 0.6) is 5.75 Å². The van der Waals surface area contributed by atoms with Gasteiger partial charge in [0.1, 0.15) is 5.75 Å². The minimum Gasteiger partial charge on any atom is -0.497 e. The van der Waals surface area contributed by atoms with Crippen LogP contribution in [-0.2, 0) is 4.79 Å². The highest BCUT2D eigenvalue weighted by Crippen LogP contribution is 2.30. The lowest BCUT2D eigenvalue weighted by Crippen LogP contribution is -2.46. The lowest BCUT2D eigenvalue weighted by Gasteiger charge is -2.29. The molecular formula is C19H18ClN3O3. The van der Waals surface area contributed by atoms with E-state index in [0.717, 1.165) is 5.56 Å². The minimum atomic E-state index is -0.610. The number of hydrogen-bond acceptors (Lipinski definition) is 3. The van der Waals surface area contributed by atoms with Gasteiger partial charge < -0.3 is 20.7 Å². The Bertz CT molecular complexity index is 895. The predicted molar refractivity (Wildman–Crippen MR) is 100 cm³/mol. The number of para-hydroxylation sites is 1. The summed E-state index contributed by atoms with van der Waals surface area (Å²) >= 11 is 6.13. The van der Waals surface area contributed by atoms with Gasteiger partial charge in [0, 0.05) is 5.70 Å². The first-order valence-electron chi connectivity index (χ1n) is 7.97. The maximum atomic E-state index is 12.9. The SMILES string of the molecule is COc1cccc(C2NC(=O)NC(C)=C2C(=O)Nc2ccccc2Cl)c1.